The van der Waals surface area contributed by atoms with Crippen LogP contribution in [0, 0.1) is 11.8 Å². The zero-order valence-corrected chi connectivity index (χ0v) is 14.6. The number of carbonyl (C=O) groups is 2. The number of amides is 1. The fourth-order valence-electron chi connectivity index (χ4n) is 2.61. The van der Waals surface area contributed by atoms with Crippen molar-refractivity contribution in [2.24, 2.45) is 11.8 Å². The van der Waals surface area contributed by atoms with E-state index in [9.17, 15) is 19.2 Å². The molecule has 0 aliphatic heterocycles. The quantitative estimate of drug-likeness (QED) is 0.842. The zero-order chi connectivity index (χ0) is 17.9. The highest BCUT2D eigenvalue weighted by atomic mass is 19.3. The summed E-state index contributed by atoms with van der Waals surface area (Å²) in [7, 11) is 1.32. The standard InChI is InChI=1S/C15H28FNO5/c1-9(2)10(15(6,7)20)11(12(18)22-16)17(8)13(19)21-14(3,4)5/h9-11,20H,1-8H3/t10?,11-/m0/s1. The Hall–Kier alpha value is -1.37. The molecule has 0 saturated heterocycles. The fraction of sp³-hybridized carbons (Fsp3) is 0.867. The van der Waals surface area contributed by atoms with Crippen LogP contribution in [0.2, 0.25) is 0 Å². The van der Waals surface area contributed by atoms with Gasteiger partial charge in [0.05, 0.1) is 5.60 Å². The predicted octanol–water partition coefficient (Wildman–Crippen LogP) is 2.69. The molecular formula is C15H28FNO5. The van der Waals surface area contributed by atoms with E-state index in [-0.39, 0.29) is 5.92 Å². The van der Waals surface area contributed by atoms with E-state index in [0.717, 1.165) is 4.90 Å². The number of hydrogen-bond donors (Lipinski definition) is 1. The molecule has 0 rings (SSSR count). The summed E-state index contributed by atoms with van der Waals surface area (Å²) in [5.74, 6) is -2.20. The summed E-state index contributed by atoms with van der Waals surface area (Å²) in [5.41, 5.74) is -2.10. The molecule has 0 aromatic carbocycles. The maximum atomic E-state index is 12.5. The highest BCUT2D eigenvalue weighted by Crippen LogP contribution is 2.32. The number of ether oxygens (including phenoxy) is 1. The minimum Gasteiger partial charge on any atom is -0.444 e. The third-order valence-electron chi connectivity index (χ3n) is 3.29. The average molecular weight is 321 g/mol. The van der Waals surface area contributed by atoms with Crippen LogP contribution < -0.4 is 0 Å². The van der Waals surface area contributed by atoms with Crippen molar-refractivity contribution in [2.75, 3.05) is 7.05 Å². The minimum atomic E-state index is -1.33. The topological polar surface area (TPSA) is 76.1 Å². The first kappa shape index (κ1) is 20.6. The van der Waals surface area contributed by atoms with Crippen molar-refractivity contribution >= 4 is 12.1 Å². The number of nitrogens with zero attached hydrogens (tertiary/aromatic N) is 1. The van der Waals surface area contributed by atoms with Gasteiger partial charge in [0, 0.05) is 17.5 Å². The molecule has 7 heteroatoms. The van der Waals surface area contributed by atoms with E-state index in [1.807, 2.05) is 0 Å². The van der Waals surface area contributed by atoms with Gasteiger partial charge in [0.1, 0.15) is 11.6 Å². The fourth-order valence-corrected chi connectivity index (χ4v) is 2.61. The second-order valence-corrected chi connectivity index (χ2v) is 7.36. The van der Waals surface area contributed by atoms with Crippen LogP contribution >= 0.6 is 0 Å². The van der Waals surface area contributed by atoms with Crippen LogP contribution in [0.3, 0.4) is 0 Å². The van der Waals surface area contributed by atoms with Gasteiger partial charge in [0.2, 0.25) is 0 Å². The number of rotatable bonds is 5. The van der Waals surface area contributed by atoms with Crippen molar-refractivity contribution in [2.45, 2.75) is 65.7 Å². The van der Waals surface area contributed by atoms with E-state index in [1.54, 1.807) is 34.6 Å². The third-order valence-corrected chi connectivity index (χ3v) is 3.29. The van der Waals surface area contributed by atoms with Crippen LogP contribution in [0.5, 0.6) is 0 Å². The molecular weight excluding hydrogens is 293 g/mol. The third kappa shape index (κ3) is 5.79. The Balaban J connectivity index is 5.62. The molecule has 0 spiro atoms. The van der Waals surface area contributed by atoms with E-state index < -0.39 is 35.2 Å². The molecule has 1 amide bonds. The first-order valence-corrected chi connectivity index (χ1v) is 7.23. The number of halogens is 1. The summed E-state index contributed by atoms with van der Waals surface area (Å²) in [4.78, 5) is 28.3. The molecule has 0 bridgehead atoms. The van der Waals surface area contributed by atoms with Crippen LogP contribution in [0.1, 0.15) is 48.5 Å². The summed E-state index contributed by atoms with van der Waals surface area (Å²) < 4.78 is 17.7. The molecule has 0 aliphatic rings. The Labute approximate surface area is 131 Å². The van der Waals surface area contributed by atoms with Gasteiger partial charge in [0.15, 0.2) is 0 Å². The van der Waals surface area contributed by atoms with E-state index >= 15 is 0 Å². The van der Waals surface area contributed by atoms with Gasteiger partial charge in [-0.25, -0.2) is 9.59 Å². The van der Waals surface area contributed by atoms with E-state index in [1.165, 1.54) is 20.9 Å². The van der Waals surface area contributed by atoms with Crippen LogP contribution in [-0.4, -0.2) is 46.4 Å². The minimum absolute atomic E-state index is 0.214. The van der Waals surface area contributed by atoms with Crippen LogP contribution in [0.15, 0.2) is 0 Å². The smallest absolute Gasteiger partial charge is 0.410 e. The SMILES string of the molecule is CC(C)C([C@@H](C(=O)OF)N(C)C(=O)OC(C)(C)C)C(C)(C)O. The van der Waals surface area contributed by atoms with Crippen molar-refractivity contribution in [3.05, 3.63) is 0 Å². The van der Waals surface area contributed by atoms with Gasteiger partial charge in [0.25, 0.3) is 0 Å². The van der Waals surface area contributed by atoms with Gasteiger partial charge >= 0.3 is 12.1 Å². The zero-order valence-electron chi connectivity index (χ0n) is 14.6. The molecule has 0 saturated carbocycles. The summed E-state index contributed by atoms with van der Waals surface area (Å²) in [5, 5.41) is 10.3. The van der Waals surface area contributed by atoms with Crippen molar-refractivity contribution in [3.63, 3.8) is 0 Å². The van der Waals surface area contributed by atoms with Crippen LogP contribution in [-0.2, 0) is 14.5 Å². The molecule has 22 heavy (non-hydrogen) atoms. The first-order chi connectivity index (χ1) is 9.72. The van der Waals surface area contributed by atoms with Gasteiger partial charge in [-0.2, -0.15) is 0 Å². The van der Waals surface area contributed by atoms with E-state index in [0.29, 0.717) is 0 Å². The lowest BCUT2D eigenvalue weighted by atomic mass is 9.76. The first-order valence-electron chi connectivity index (χ1n) is 7.23. The molecule has 6 nitrogen and oxygen atoms in total. The lowest BCUT2D eigenvalue weighted by molar-refractivity contribution is -0.196. The molecule has 0 aliphatic carbocycles. The van der Waals surface area contributed by atoms with Gasteiger partial charge < -0.3 is 9.84 Å². The maximum absolute atomic E-state index is 12.5. The molecule has 130 valence electrons. The summed E-state index contributed by atoms with van der Waals surface area (Å²) in [6, 6.07) is -1.31. The Morgan fingerprint density at radius 1 is 1.14 bits per heavy atom. The molecule has 0 fully saturated rings. The van der Waals surface area contributed by atoms with Crippen LogP contribution in [0.25, 0.3) is 0 Å². The second kappa shape index (κ2) is 7.26. The molecule has 2 atom stereocenters. The summed E-state index contributed by atoms with van der Waals surface area (Å²) >= 11 is 0. The number of aliphatic hydroxyl groups is 1. The number of hydrogen-bond acceptors (Lipinski definition) is 5. The molecule has 0 aromatic heterocycles. The Kier molecular flexibility index (Phi) is 6.81. The molecule has 0 heterocycles. The average Bonchev–Trinajstić information content (AvgIpc) is 2.29. The molecule has 1 unspecified atom stereocenters. The number of likely N-dealkylation sites (N-methyl/N-ethyl adjacent to an activating group) is 1. The lowest BCUT2D eigenvalue weighted by Gasteiger charge is -2.40. The maximum Gasteiger partial charge on any atom is 0.410 e. The largest absolute Gasteiger partial charge is 0.444 e. The lowest BCUT2D eigenvalue weighted by Crippen LogP contribution is -2.56. The van der Waals surface area contributed by atoms with Gasteiger partial charge in [-0.05, 0) is 40.5 Å². The highest BCUT2D eigenvalue weighted by molar-refractivity contribution is 5.81. The van der Waals surface area contributed by atoms with Crippen molar-refractivity contribution < 1.29 is 28.9 Å². The Bertz CT molecular complexity index is 398. The molecule has 0 radical (unpaired) electrons. The monoisotopic (exact) mass is 321 g/mol. The van der Waals surface area contributed by atoms with Gasteiger partial charge in [-0.1, -0.05) is 13.8 Å². The van der Waals surface area contributed by atoms with E-state index in [4.69, 9.17) is 4.74 Å². The second-order valence-electron chi connectivity index (χ2n) is 7.36. The normalized spacial score (nSPS) is 15.2. The molecule has 0 aromatic rings. The summed E-state index contributed by atoms with van der Waals surface area (Å²) in [6.45, 7) is 11.6. The Morgan fingerprint density at radius 3 is 1.86 bits per heavy atom. The van der Waals surface area contributed by atoms with Crippen molar-refractivity contribution in [3.8, 4) is 0 Å². The van der Waals surface area contributed by atoms with Crippen molar-refractivity contribution in [1.29, 1.82) is 0 Å². The number of carbonyl (C=O) groups excluding carboxylic acids is 2. The highest BCUT2D eigenvalue weighted by Gasteiger charge is 2.46. The van der Waals surface area contributed by atoms with Crippen LogP contribution in [0.4, 0.5) is 9.32 Å². The van der Waals surface area contributed by atoms with Crippen molar-refractivity contribution in [1.82, 2.24) is 4.90 Å². The summed E-state index contributed by atoms with van der Waals surface area (Å²) in [6.07, 6.45) is -0.794. The Morgan fingerprint density at radius 2 is 1.59 bits per heavy atom. The predicted molar refractivity (Wildman–Crippen MR) is 79.6 cm³/mol. The van der Waals surface area contributed by atoms with Gasteiger partial charge in [-0.3, -0.25) is 9.84 Å². The van der Waals surface area contributed by atoms with E-state index in [2.05, 4.69) is 4.94 Å². The molecule has 1 N–H and O–H groups in total. The van der Waals surface area contributed by atoms with Gasteiger partial charge in [-0.15, -0.1) is 0 Å².